The minimum Gasteiger partial charge on any atom is -0.489 e. The van der Waals surface area contributed by atoms with Crippen molar-refractivity contribution in [3.8, 4) is 5.75 Å². The molecule has 0 aliphatic carbocycles. The molecule has 0 aliphatic rings. The van der Waals surface area contributed by atoms with Gasteiger partial charge < -0.3 is 14.9 Å². The van der Waals surface area contributed by atoms with Gasteiger partial charge in [0.1, 0.15) is 12.4 Å². The van der Waals surface area contributed by atoms with Crippen molar-refractivity contribution in [3.63, 3.8) is 0 Å². The molecular weight excluding hydrogens is 256 g/mol. The Kier molecular flexibility index (Phi) is 4.05. The van der Waals surface area contributed by atoms with E-state index >= 15 is 0 Å². The highest BCUT2D eigenvalue weighted by Crippen LogP contribution is 2.23. The molecule has 0 radical (unpaired) electrons. The van der Waals surface area contributed by atoms with Gasteiger partial charge in [0.25, 0.3) is 0 Å². The Balaban J connectivity index is 2.04. The topological polar surface area (TPSA) is 66.8 Å². The Morgan fingerprint density at radius 1 is 1.10 bits per heavy atom. The first-order chi connectivity index (χ1) is 9.50. The minimum absolute atomic E-state index is 0.317. The predicted molar refractivity (Wildman–Crippen MR) is 74.4 cm³/mol. The van der Waals surface area contributed by atoms with E-state index in [0.29, 0.717) is 17.9 Å². The Bertz CT molecular complexity index is 573. The molecule has 2 aromatic rings. The van der Waals surface area contributed by atoms with Gasteiger partial charge in [-0.2, -0.15) is 0 Å². The van der Waals surface area contributed by atoms with E-state index in [9.17, 15) is 9.90 Å². The number of carboxylic acids is 1. The molecule has 1 unspecified atom stereocenters. The molecule has 1 atom stereocenters. The van der Waals surface area contributed by atoms with Gasteiger partial charge >= 0.3 is 5.97 Å². The number of rotatable bonds is 5. The van der Waals surface area contributed by atoms with Crippen LogP contribution in [0, 0.1) is 0 Å². The summed E-state index contributed by atoms with van der Waals surface area (Å²) >= 11 is 0. The normalized spacial score (nSPS) is 13.5. The van der Waals surface area contributed by atoms with Crippen molar-refractivity contribution in [1.29, 1.82) is 0 Å². The Labute approximate surface area is 117 Å². The maximum Gasteiger partial charge on any atom is 0.340 e. The first-order valence-electron chi connectivity index (χ1n) is 6.23. The van der Waals surface area contributed by atoms with Crippen LogP contribution in [0.2, 0.25) is 0 Å². The molecule has 2 rings (SSSR count). The monoisotopic (exact) mass is 272 g/mol. The van der Waals surface area contributed by atoms with Crippen LogP contribution in [0.15, 0.2) is 54.6 Å². The maximum absolute atomic E-state index is 10.9. The van der Waals surface area contributed by atoms with Crippen molar-refractivity contribution < 1.29 is 19.7 Å². The van der Waals surface area contributed by atoms with Crippen LogP contribution in [-0.2, 0) is 17.0 Å². The van der Waals surface area contributed by atoms with Crippen molar-refractivity contribution in [3.05, 3.63) is 65.7 Å². The molecule has 20 heavy (non-hydrogen) atoms. The van der Waals surface area contributed by atoms with Gasteiger partial charge in [0.15, 0.2) is 5.60 Å². The first-order valence-corrected chi connectivity index (χ1v) is 6.23. The van der Waals surface area contributed by atoms with Gasteiger partial charge in [0, 0.05) is 0 Å². The van der Waals surface area contributed by atoms with E-state index in [2.05, 4.69) is 0 Å². The van der Waals surface area contributed by atoms with Crippen LogP contribution in [0.1, 0.15) is 18.1 Å². The van der Waals surface area contributed by atoms with E-state index in [1.807, 2.05) is 30.3 Å². The highest BCUT2D eigenvalue weighted by molar-refractivity contribution is 5.78. The van der Waals surface area contributed by atoms with Crippen LogP contribution >= 0.6 is 0 Å². The molecule has 0 spiro atoms. The van der Waals surface area contributed by atoms with Crippen molar-refractivity contribution in [2.75, 3.05) is 0 Å². The smallest absolute Gasteiger partial charge is 0.340 e. The fourth-order valence-corrected chi connectivity index (χ4v) is 1.74. The second-order valence-electron chi connectivity index (χ2n) is 4.68. The fourth-order valence-electron chi connectivity index (χ4n) is 1.74. The summed E-state index contributed by atoms with van der Waals surface area (Å²) in [6.45, 7) is 1.69. The van der Waals surface area contributed by atoms with E-state index in [1.54, 1.807) is 24.3 Å². The summed E-state index contributed by atoms with van der Waals surface area (Å²) < 4.78 is 5.59. The molecular formula is C16H16O4. The van der Waals surface area contributed by atoms with E-state index in [0.717, 1.165) is 5.56 Å². The Hall–Kier alpha value is -2.33. The van der Waals surface area contributed by atoms with Gasteiger partial charge in [0.2, 0.25) is 0 Å². The molecule has 0 aromatic heterocycles. The number of aliphatic hydroxyl groups is 1. The summed E-state index contributed by atoms with van der Waals surface area (Å²) in [6, 6.07) is 16.1. The SMILES string of the molecule is CC(O)(C(=O)O)c1ccc(OCc2ccccc2)cc1. The quantitative estimate of drug-likeness (QED) is 0.877. The highest BCUT2D eigenvalue weighted by Gasteiger charge is 2.31. The number of ether oxygens (including phenoxy) is 1. The predicted octanol–water partition coefficient (Wildman–Crippen LogP) is 2.56. The van der Waals surface area contributed by atoms with Gasteiger partial charge in [-0.1, -0.05) is 42.5 Å². The summed E-state index contributed by atoms with van der Waals surface area (Å²) in [4.78, 5) is 10.9. The van der Waals surface area contributed by atoms with Crippen LogP contribution < -0.4 is 4.74 Å². The molecule has 104 valence electrons. The molecule has 0 heterocycles. The van der Waals surface area contributed by atoms with E-state index in [1.165, 1.54) is 6.92 Å². The van der Waals surface area contributed by atoms with Crippen LogP contribution in [0.4, 0.5) is 0 Å². The van der Waals surface area contributed by atoms with Gasteiger partial charge in [0.05, 0.1) is 0 Å². The average molecular weight is 272 g/mol. The second-order valence-corrected chi connectivity index (χ2v) is 4.68. The van der Waals surface area contributed by atoms with E-state index in [-0.39, 0.29) is 0 Å². The summed E-state index contributed by atoms with van der Waals surface area (Å²) in [6.07, 6.45) is 0. The summed E-state index contributed by atoms with van der Waals surface area (Å²) in [5.74, 6) is -0.658. The Morgan fingerprint density at radius 2 is 1.70 bits per heavy atom. The van der Waals surface area contributed by atoms with E-state index < -0.39 is 11.6 Å². The molecule has 4 nitrogen and oxygen atoms in total. The van der Waals surface area contributed by atoms with Gasteiger partial charge in [-0.25, -0.2) is 4.79 Å². The Morgan fingerprint density at radius 3 is 2.25 bits per heavy atom. The molecule has 0 fully saturated rings. The van der Waals surface area contributed by atoms with E-state index in [4.69, 9.17) is 9.84 Å². The van der Waals surface area contributed by atoms with Crippen LogP contribution in [0.3, 0.4) is 0 Å². The molecule has 0 amide bonds. The number of carbonyl (C=O) groups is 1. The van der Waals surface area contributed by atoms with Crippen molar-refractivity contribution in [2.45, 2.75) is 19.1 Å². The summed E-state index contributed by atoms with van der Waals surface area (Å²) in [5.41, 5.74) is -0.524. The molecule has 0 saturated carbocycles. The molecule has 0 bridgehead atoms. The third kappa shape index (κ3) is 3.16. The zero-order chi connectivity index (χ0) is 14.6. The highest BCUT2D eigenvalue weighted by atomic mass is 16.5. The lowest BCUT2D eigenvalue weighted by Crippen LogP contribution is -2.31. The van der Waals surface area contributed by atoms with Crippen molar-refractivity contribution in [2.24, 2.45) is 0 Å². The fraction of sp³-hybridized carbons (Fsp3) is 0.188. The zero-order valence-corrected chi connectivity index (χ0v) is 11.1. The summed E-state index contributed by atoms with van der Waals surface area (Å²) in [5, 5.41) is 18.8. The third-order valence-electron chi connectivity index (χ3n) is 3.08. The summed E-state index contributed by atoms with van der Waals surface area (Å²) in [7, 11) is 0. The van der Waals surface area contributed by atoms with Crippen LogP contribution in [-0.4, -0.2) is 16.2 Å². The van der Waals surface area contributed by atoms with Gasteiger partial charge in [-0.3, -0.25) is 0 Å². The average Bonchev–Trinajstić information content (AvgIpc) is 2.46. The standard InChI is InChI=1S/C16H16O4/c1-16(19,15(17)18)13-7-9-14(10-8-13)20-11-12-5-3-2-4-6-12/h2-10,19H,11H2,1H3,(H,17,18). The van der Waals surface area contributed by atoms with Crippen LogP contribution in [0.5, 0.6) is 5.75 Å². The van der Waals surface area contributed by atoms with Crippen molar-refractivity contribution in [1.82, 2.24) is 0 Å². The van der Waals surface area contributed by atoms with Crippen molar-refractivity contribution >= 4 is 5.97 Å². The maximum atomic E-state index is 10.9. The molecule has 4 heteroatoms. The van der Waals surface area contributed by atoms with Crippen LogP contribution in [0.25, 0.3) is 0 Å². The number of carboxylic acid groups (broad SMARTS) is 1. The largest absolute Gasteiger partial charge is 0.489 e. The lowest BCUT2D eigenvalue weighted by Gasteiger charge is -2.18. The number of hydrogen-bond acceptors (Lipinski definition) is 3. The van der Waals surface area contributed by atoms with Gasteiger partial charge in [-0.05, 0) is 30.2 Å². The molecule has 2 N–H and O–H groups in total. The molecule has 0 aliphatic heterocycles. The number of hydrogen-bond donors (Lipinski definition) is 2. The molecule has 0 saturated heterocycles. The molecule has 2 aromatic carbocycles. The lowest BCUT2D eigenvalue weighted by molar-refractivity contribution is -0.157. The number of benzene rings is 2. The number of aliphatic carboxylic acids is 1. The first kappa shape index (κ1) is 14.1. The minimum atomic E-state index is -1.89. The lowest BCUT2D eigenvalue weighted by atomic mass is 9.96. The third-order valence-corrected chi connectivity index (χ3v) is 3.08. The zero-order valence-electron chi connectivity index (χ0n) is 11.1. The second kappa shape index (κ2) is 5.75. The van der Waals surface area contributed by atoms with Gasteiger partial charge in [-0.15, -0.1) is 0 Å².